The summed E-state index contributed by atoms with van der Waals surface area (Å²) in [5, 5.41) is 27.2. The average Bonchev–Trinajstić information content (AvgIpc) is 2.28. The third-order valence-electron chi connectivity index (χ3n) is 2.53. The molecule has 1 aromatic carbocycles. The van der Waals surface area contributed by atoms with E-state index in [9.17, 15) is 23.3 Å². The molecule has 0 heterocycles. The molecular formula is C10H13N3O6S. The largest absolute Gasteiger partial charge is 0.478 e. The van der Waals surface area contributed by atoms with Gasteiger partial charge in [0.25, 0.3) is 5.69 Å². The highest BCUT2D eigenvalue weighted by atomic mass is 32.2. The summed E-state index contributed by atoms with van der Waals surface area (Å²) in [6, 6.07) is 2.15. The number of carboxylic acid groups (broad SMARTS) is 1. The highest BCUT2D eigenvalue weighted by Crippen LogP contribution is 2.27. The molecule has 4 N–H and O–H groups in total. The Morgan fingerprint density at radius 2 is 2.10 bits per heavy atom. The van der Waals surface area contributed by atoms with E-state index in [0.717, 1.165) is 6.07 Å². The van der Waals surface area contributed by atoms with Crippen LogP contribution in [0.2, 0.25) is 0 Å². The predicted molar refractivity (Wildman–Crippen MR) is 71.3 cm³/mol. The summed E-state index contributed by atoms with van der Waals surface area (Å²) in [4.78, 5) is 21.1. The smallest absolute Gasteiger partial charge is 0.336 e. The van der Waals surface area contributed by atoms with Gasteiger partial charge in [0, 0.05) is 23.9 Å². The zero-order chi connectivity index (χ0) is 15.5. The Kier molecular flexibility index (Phi) is 4.63. The van der Waals surface area contributed by atoms with Crippen LogP contribution in [0.5, 0.6) is 0 Å². The number of nitro benzene ring substituents is 1. The molecule has 9 nitrogen and oxygen atoms in total. The van der Waals surface area contributed by atoms with Crippen molar-refractivity contribution in [3.8, 4) is 0 Å². The number of anilines is 1. The van der Waals surface area contributed by atoms with Gasteiger partial charge in [0.1, 0.15) is 0 Å². The van der Waals surface area contributed by atoms with Crippen LogP contribution in [-0.2, 0) is 10.0 Å². The first-order valence-corrected chi connectivity index (χ1v) is 7.10. The number of hydrogen-bond donors (Lipinski definition) is 3. The first kappa shape index (κ1) is 15.9. The van der Waals surface area contributed by atoms with Crippen molar-refractivity contribution < 1.29 is 23.2 Å². The molecule has 0 amide bonds. The Balaban J connectivity index is 3.11. The zero-order valence-electron chi connectivity index (χ0n) is 10.5. The van der Waals surface area contributed by atoms with E-state index in [4.69, 9.17) is 10.2 Å². The van der Waals surface area contributed by atoms with Crippen molar-refractivity contribution in [2.45, 2.75) is 6.92 Å². The maximum absolute atomic E-state index is 10.9. The van der Waals surface area contributed by atoms with Crippen molar-refractivity contribution in [2.24, 2.45) is 5.14 Å². The van der Waals surface area contributed by atoms with E-state index in [-0.39, 0.29) is 34.8 Å². The number of aromatic carboxylic acids is 1. The summed E-state index contributed by atoms with van der Waals surface area (Å²) in [5.74, 6) is -1.69. The van der Waals surface area contributed by atoms with E-state index in [0.29, 0.717) is 0 Å². The van der Waals surface area contributed by atoms with Gasteiger partial charge in [0.15, 0.2) is 0 Å². The fourth-order valence-corrected chi connectivity index (χ4v) is 1.91. The topological polar surface area (TPSA) is 153 Å². The Morgan fingerprint density at radius 3 is 2.55 bits per heavy atom. The van der Waals surface area contributed by atoms with Crippen molar-refractivity contribution in [2.75, 3.05) is 17.6 Å². The van der Waals surface area contributed by atoms with Gasteiger partial charge >= 0.3 is 5.97 Å². The van der Waals surface area contributed by atoms with Gasteiger partial charge in [0.2, 0.25) is 10.0 Å². The number of carbonyl (C=O) groups is 1. The third-order valence-corrected chi connectivity index (χ3v) is 3.30. The number of rotatable bonds is 6. The van der Waals surface area contributed by atoms with Crippen LogP contribution in [0, 0.1) is 17.0 Å². The molecule has 1 rings (SSSR count). The number of primary sulfonamides is 1. The molecule has 0 aliphatic rings. The van der Waals surface area contributed by atoms with Crippen LogP contribution in [0.4, 0.5) is 11.4 Å². The van der Waals surface area contributed by atoms with Gasteiger partial charge in [-0.2, -0.15) is 0 Å². The van der Waals surface area contributed by atoms with Crippen LogP contribution >= 0.6 is 0 Å². The quantitative estimate of drug-likeness (QED) is 0.504. The summed E-state index contributed by atoms with van der Waals surface area (Å²) >= 11 is 0. The Labute approximate surface area is 114 Å². The number of benzene rings is 1. The Hall–Kier alpha value is -2.20. The van der Waals surface area contributed by atoms with Gasteiger partial charge < -0.3 is 10.4 Å². The monoisotopic (exact) mass is 303 g/mol. The van der Waals surface area contributed by atoms with Crippen LogP contribution in [0.3, 0.4) is 0 Å². The van der Waals surface area contributed by atoms with Crippen LogP contribution < -0.4 is 10.5 Å². The molecule has 0 spiro atoms. The molecule has 0 fully saturated rings. The second kappa shape index (κ2) is 5.84. The molecule has 0 saturated heterocycles. The lowest BCUT2D eigenvalue weighted by Crippen LogP contribution is -2.22. The molecule has 110 valence electrons. The van der Waals surface area contributed by atoms with Crippen molar-refractivity contribution >= 4 is 27.4 Å². The first-order valence-electron chi connectivity index (χ1n) is 5.38. The minimum absolute atomic E-state index is 0.0834. The standard InChI is InChI=1S/C10H13N3O6S/c1-6-8(12-2-3-20(11,18)19)4-7(10(14)15)5-9(6)13(16)17/h4-5,12H,2-3H2,1H3,(H,14,15)(H2,11,18,19). The van der Waals surface area contributed by atoms with E-state index in [2.05, 4.69) is 5.32 Å². The minimum Gasteiger partial charge on any atom is -0.478 e. The summed E-state index contributed by atoms with van der Waals surface area (Å²) < 4.78 is 21.6. The SMILES string of the molecule is Cc1c(NCCS(N)(=O)=O)cc(C(=O)O)cc1[N+](=O)[O-]. The molecule has 1 aromatic rings. The van der Waals surface area contributed by atoms with Crippen LogP contribution in [-0.4, -0.2) is 36.7 Å². The molecule has 0 aromatic heterocycles. The molecule has 0 aliphatic carbocycles. The molecule has 0 unspecified atom stereocenters. The summed E-state index contributed by atoms with van der Waals surface area (Å²) in [6.07, 6.45) is 0. The molecule has 0 radical (unpaired) electrons. The van der Waals surface area contributed by atoms with Crippen molar-refractivity contribution in [3.05, 3.63) is 33.4 Å². The lowest BCUT2D eigenvalue weighted by Gasteiger charge is -2.10. The number of nitro groups is 1. The number of nitrogens with two attached hydrogens (primary N) is 1. The highest BCUT2D eigenvalue weighted by Gasteiger charge is 2.19. The third kappa shape index (κ3) is 4.17. The normalized spacial score (nSPS) is 11.1. The maximum Gasteiger partial charge on any atom is 0.336 e. The van der Waals surface area contributed by atoms with E-state index in [1.807, 2.05) is 0 Å². The van der Waals surface area contributed by atoms with E-state index in [1.54, 1.807) is 0 Å². The van der Waals surface area contributed by atoms with E-state index < -0.39 is 20.9 Å². The van der Waals surface area contributed by atoms with Crippen LogP contribution in [0.25, 0.3) is 0 Å². The molecule has 0 aliphatic heterocycles. The van der Waals surface area contributed by atoms with Gasteiger partial charge in [-0.15, -0.1) is 0 Å². The fraction of sp³-hybridized carbons (Fsp3) is 0.300. The van der Waals surface area contributed by atoms with Crippen LogP contribution in [0.1, 0.15) is 15.9 Å². The average molecular weight is 303 g/mol. The molecule has 0 atom stereocenters. The van der Waals surface area contributed by atoms with E-state index >= 15 is 0 Å². The molecule has 0 bridgehead atoms. The number of carboxylic acids is 1. The van der Waals surface area contributed by atoms with Crippen LogP contribution in [0.15, 0.2) is 12.1 Å². The minimum atomic E-state index is -3.67. The van der Waals surface area contributed by atoms with Gasteiger partial charge in [-0.25, -0.2) is 18.4 Å². The van der Waals surface area contributed by atoms with E-state index in [1.165, 1.54) is 13.0 Å². The summed E-state index contributed by atoms with van der Waals surface area (Å²) in [6.45, 7) is 1.35. The fourth-order valence-electron chi connectivity index (χ4n) is 1.52. The highest BCUT2D eigenvalue weighted by molar-refractivity contribution is 7.89. The number of hydrogen-bond acceptors (Lipinski definition) is 6. The predicted octanol–water partition coefficient (Wildman–Crippen LogP) is 0.302. The zero-order valence-corrected chi connectivity index (χ0v) is 11.3. The lowest BCUT2D eigenvalue weighted by molar-refractivity contribution is -0.385. The molecule has 0 saturated carbocycles. The first-order chi connectivity index (χ1) is 9.11. The van der Waals surface area contributed by atoms with Crippen molar-refractivity contribution in [1.29, 1.82) is 0 Å². The maximum atomic E-state index is 10.9. The summed E-state index contributed by atoms with van der Waals surface area (Å²) in [5.41, 5.74) is -0.224. The summed E-state index contributed by atoms with van der Waals surface area (Å²) in [7, 11) is -3.67. The molecule has 10 heteroatoms. The second-order valence-electron chi connectivity index (χ2n) is 4.02. The lowest BCUT2D eigenvalue weighted by atomic mass is 10.1. The second-order valence-corrected chi connectivity index (χ2v) is 5.76. The number of nitrogens with zero attached hydrogens (tertiary/aromatic N) is 1. The number of sulfonamides is 1. The number of nitrogens with one attached hydrogen (secondary N) is 1. The van der Waals surface area contributed by atoms with Gasteiger partial charge in [-0.3, -0.25) is 10.1 Å². The van der Waals surface area contributed by atoms with Gasteiger partial charge in [-0.1, -0.05) is 0 Å². The van der Waals surface area contributed by atoms with Crippen molar-refractivity contribution in [1.82, 2.24) is 0 Å². The Morgan fingerprint density at radius 1 is 1.50 bits per heavy atom. The molecular weight excluding hydrogens is 290 g/mol. The molecule has 20 heavy (non-hydrogen) atoms. The van der Waals surface area contributed by atoms with Crippen molar-refractivity contribution in [3.63, 3.8) is 0 Å². The Bertz CT molecular complexity index is 655. The van der Waals surface area contributed by atoms with Gasteiger partial charge in [-0.05, 0) is 13.0 Å². The van der Waals surface area contributed by atoms with Gasteiger partial charge in [0.05, 0.1) is 16.2 Å².